The minimum absolute atomic E-state index is 0.567. The van der Waals surface area contributed by atoms with E-state index >= 15 is 0 Å². The van der Waals surface area contributed by atoms with Crippen LogP contribution in [0.4, 0.5) is 0 Å². The highest BCUT2D eigenvalue weighted by Gasteiger charge is 2.46. The first-order valence-electron chi connectivity index (χ1n) is 16.4. The molecule has 1 aliphatic carbocycles. The number of rotatable bonds is 4. The van der Waals surface area contributed by atoms with Crippen molar-refractivity contribution in [2.75, 3.05) is 0 Å². The molecule has 9 aromatic rings. The van der Waals surface area contributed by atoms with Crippen LogP contribution in [-0.4, -0.2) is 9.38 Å². The quantitative estimate of drug-likeness (QED) is 0.192. The molecule has 0 saturated heterocycles. The van der Waals surface area contributed by atoms with Gasteiger partial charge in [-0.15, -0.1) is 11.3 Å². The number of benzene rings is 6. The molecule has 4 heteroatoms. The first-order chi connectivity index (χ1) is 24.2. The molecule has 3 nitrogen and oxygen atoms in total. The molecule has 0 atom stereocenters. The van der Waals surface area contributed by atoms with E-state index in [4.69, 9.17) is 4.98 Å². The number of nitrogens with zero attached hydrogens (tertiary/aromatic N) is 3. The maximum absolute atomic E-state index is 9.97. The van der Waals surface area contributed by atoms with Gasteiger partial charge in [-0.25, -0.2) is 4.98 Å². The average molecular weight is 642 g/mol. The van der Waals surface area contributed by atoms with Gasteiger partial charge in [0.2, 0.25) is 0 Å². The number of hydrogen-bond donors (Lipinski definition) is 0. The summed E-state index contributed by atoms with van der Waals surface area (Å²) in [7, 11) is 0. The highest BCUT2D eigenvalue weighted by Crippen LogP contribution is 2.57. The molecule has 0 unspecified atom stereocenters. The van der Waals surface area contributed by atoms with Crippen molar-refractivity contribution in [3.63, 3.8) is 0 Å². The summed E-state index contributed by atoms with van der Waals surface area (Å²) in [5.74, 6) is 0. The fourth-order valence-electron chi connectivity index (χ4n) is 7.99. The number of hydrogen-bond acceptors (Lipinski definition) is 3. The second-order valence-corrected chi connectivity index (χ2v) is 13.7. The van der Waals surface area contributed by atoms with E-state index in [9.17, 15) is 5.26 Å². The lowest BCUT2D eigenvalue weighted by molar-refractivity contribution is 0.768. The Morgan fingerprint density at radius 2 is 1.20 bits per heavy atom. The molecule has 1 aliphatic rings. The SMILES string of the molecule is N#Cc1ccc2c(c1)C(c1ccccc1)(c1ccccc1)c1cc(-c3ccc(-c4cccc5nc6c7ccccc7sc6n45)cc3)ccc1-2. The molecule has 0 bridgehead atoms. The topological polar surface area (TPSA) is 41.1 Å². The van der Waals surface area contributed by atoms with Gasteiger partial charge in [-0.05, 0) is 86.5 Å². The number of pyridine rings is 1. The van der Waals surface area contributed by atoms with E-state index in [1.165, 1.54) is 42.7 Å². The molecule has 49 heavy (non-hydrogen) atoms. The molecule has 0 saturated carbocycles. The molecule has 0 fully saturated rings. The van der Waals surface area contributed by atoms with E-state index in [0.717, 1.165) is 39.1 Å². The second-order valence-electron chi connectivity index (χ2n) is 12.7. The second kappa shape index (κ2) is 10.6. The van der Waals surface area contributed by atoms with Crippen molar-refractivity contribution in [2.45, 2.75) is 5.41 Å². The summed E-state index contributed by atoms with van der Waals surface area (Å²) < 4.78 is 3.55. The van der Waals surface area contributed by atoms with Crippen molar-refractivity contribution in [1.82, 2.24) is 9.38 Å². The molecule has 0 amide bonds. The third kappa shape index (κ3) is 3.97. The zero-order valence-corrected chi connectivity index (χ0v) is 27.2. The average Bonchev–Trinajstić information content (AvgIpc) is 3.82. The van der Waals surface area contributed by atoms with Crippen molar-refractivity contribution in [3.8, 4) is 39.6 Å². The predicted octanol–water partition coefficient (Wildman–Crippen LogP) is 11.3. The highest BCUT2D eigenvalue weighted by atomic mass is 32.1. The van der Waals surface area contributed by atoms with E-state index in [1.54, 1.807) is 11.3 Å². The molecule has 228 valence electrons. The van der Waals surface area contributed by atoms with E-state index in [-0.39, 0.29) is 0 Å². The van der Waals surface area contributed by atoms with Gasteiger partial charge in [0, 0.05) is 10.1 Å². The minimum atomic E-state index is -0.567. The number of imidazole rings is 1. The third-order valence-corrected chi connectivity index (χ3v) is 11.3. The molecule has 3 aromatic heterocycles. The largest absolute Gasteiger partial charge is 0.284 e. The standard InChI is InChI=1S/C45H27N3S/c46-28-29-18-24-35-36-25-23-32(27-39(36)45(38(35)26-29,33-10-3-1-4-11-33)34-12-5-2-6-13-34)30-19-21-31(22-20-30)40-15-9-17-42-47-43-37-14-7-8-16-41(37)49-44(43)48(40)42/h1-27H. The van der Waals surface area contributed by atoms with Gasteiger partial charge in [0.1, 0.15) is 16.0 Å². The Hall–Kier alpha value is -6.28. The van der Waals surface area contributed by atoms with Crippen LogP contribution in [-0.2, 0) is 5.41 Å². The van der Waals surface area contributed by atoms with E-state index in [0.29, 0.717) is 5.56 Å². The van der Waals surface area contributed by atoms with Crippen LogP contribution in [0, 0.1) is 11.3 Å². The van der Waals surface area contributed by atoms with Crippen molar-refractivity contribution in [1.29, 1.82) is 5.26 Å². The molecule has 0 spiro atoms. The van der Waals surface area contributed by atoms with E-state index in [2.05, 4.69) is 168 Å². The van der Waals surface area contributed by atoms with Crippen molar-refractivity contribution < 1.29 is 0 Å². The van der Waals surface area contributed by atoms with Crippen molar-refractivity contribution in [3.05, 3.63) is 192 Å². The van der Waals surface area contributed by atoms with Gasteiger partial charge in [-0.3, -0.25) is 4.40 Å². The van der Waals surface area contributed by atoms with Gasteiger partial charge in [-0.2, -0.15) is 5.26 Å². The fraction of sp³-hybridized carbons (Fsp3) is 0.0222. The Bertz CT molecular complexity index is 2730. The van der Waals surface area contributed by atoms with Crippen LogP contribution in [0.1, 0.15) is 27.8 Å². The molecule has 0 N–H and O–H groups in total. The maximum atomic E-state index is 9.97. The summed E-state index contributed by atoms with van der Waals surface area (Å²) in [5, 5.41) is 11.2. The molecule has 0 aliphatic heterocycles. The van der Waals surface area contributed by atoms with Gasteiger partial charge in [0.15, 0.2) is 0 Å². The van der Waals surface area contributed by atoms with Gasteiger partial charge in [0.05, 0.1) is 22.7 Å². The van der Waals surface area contributed by atoms with Crippen LogP contribution in [0.25, 0.3) is 59.6 Å². The van der Waals surface area contributed by atoms with Crippen LogP contribution in [0.2, 0.25) is 0 Å². The Balaban J connectivity index is 1.14. The lowest BCUT2D eigenvalue weighted by Crippen LogP contribution is -2.28. The number of thiophene rings is 1. The Morgan fingerprint density at radius 3 is 1.94 bits per heavy atom. The van der Waals surface area contributed by atoms with Crippen LogP contribution in [0.3, 0.4) is 0 Å². The van der Waals surface area contributed by atoms with E-state index < -0.39 is 5.41 Å². The number of nitriles is 1. The molecular weight excluding hydrogens is 615 g/mol. The van der Waals surface area contributed by atoms with Gasteiger partial charge in [0.25, 0.3) is 0 Å². The minimum Gasteiger partial charge on any atom is -0.284 e. The summed E-state index contributed by atoms with van der Waals surface area (Å²) in [6.07, 6.45) is 0. The van der Waals surface area contributed by atoms with Crippen molar-refractivity contribution >= 4 is 37.4 Å². The summed E-state index contributed by atoms with van der Waals surface area (Å²) in [6, 6.07) is 60.7. The Kier molecular flexibility index (Phi) is 6.02. The summed E-state index contributed by atoms with van der Waals surface area (Å²) >= 11 is 1.79. The van der Waals surface area contributed by atoms with Crippen LogP contribution < -0.4 is 0 Å². The van der Waals surface area contributed by atoms with E-state index in [1.807, 2.05) is 6.07 Å². The van der Waals surface area contributed by atoms with Crippen LogP contribution >= 0.6 is 11.3 Å². The zero-order valence-electron chi connectivity index (χ0n) is 26.3. The lowest BCUT2D eigenvalue weighted by atomic mass is 9.67. The summed E-state index contributed by atoms with van der Waals surface area (Å²) in [6.45, 7) is 0. The number of aromatic nitrogens is 2. The van der Waals surface area contributed by atoms with Gasteiger partial charge < -0.3 is 0 Å². The van der Waals surface area contributed by atoms with Crippen LogP contribution in [0.15, 0.2) is 164 Å². The van der Waals surface area contributed by atoms with Gasteiger partial charge in [-0.1, -0.05) is 127 Å². The molecule has 10 rings (SSSR count). The zero-order chi connectivity index (χ0) is 32.5. The molecular formula is C45H27N3S. The molecule has 6 aromatic carbocycles. The highest BCUT2D eigenvalue weighted by molar-refractivity contribution is 7.25. The predicted molar refractivity (Wildman–Crippen MR) is 201 cm³/mol. The fourth-order valence-corrected chi connectivity index (χ4v) is 9.15. The Labute approximate surface area is 287 Å². The molecule has 0 radical (unpaired) electrons. The lowest BCUT2D eigenvalue weighted by Gasteiger charge is -2.34. The monoisotopic (exact) mass is 641 g/mol. The normalized spacial score (nSPS) is 13.0. The maximum Gasteiger partial charge on any atom is 0.139 e. The first kappa shape index (κ1) is 27.8. The first-order valence-corrected chi connectivity index (χ1v) is 17.3. The summed E-state index contributed by atoms with van der Waals surface area (Å²) in [4.78, 5) is 6.21. The third-order valence-electron chi connectivity index (χ3n) is 10.1. The van der Waals surface area contributed by atoms with Crippen molar-refractivity contribution in [2.24, 2.45) is 0 Å². The van der Waals surface area contributed by atoms with Crippen LogP contribution in [0.5, 0.6) is 0 Å². The Morgan fingerprint density at radius 1 is 0.571 bits per heavy atom. The smallest absolute Gasteiger partial charge is 0.139 e. The summed E-state index contributed by atoms with van der Waals surface area (Å²) in [5.41, 5.74) is 13.8. The number of fused-ring (bicyclic) bond motifs is 8. The van der Waals surface area contributed by atoms with Gasteiger partial charge >= 0.3 is 0 Å². The molecule has 3 heterocycles.